The van der Waals surface area contributed by atoms with Gasteiger partial charge in [-0.2, -0.15) is 0 Å². The minimum absolute atomic E-state index is 0. The van der Waals surface area contributed by atoms with Crippen molar-refractivity contribution in [2.24, 2.45) is 5.34 Å². The molecule has 24 nitrogen and oxygen atoms in total. The molecule has 0 spiro atoms. The zero-order valence-electron chi connectivity index (χ0n) is 44.4. The van der Waals surface area contributed by atoms with Crippen LogP contribution in [0.4, 0.5) is 34.5 Å². The molecular formula is C45H55Br5Cl5N13NaO11P. The number of carbonyl (C=O) groups is 1. The minimum Gasteiger partial charge on any atom is -0.444 e. The molecule has 5 aromatic rings. The van der Waals surface area contributed by atoms with Gasteiger partial charge in [-0.25, -0.2) is 24.9 Å². The number of hydrogen-bond donors (Lipinski definition) is 5. The van der Waals surface area contributed by atoms with Crippen LogP contribution in [0.5, 0.6) is 0 Å². The van der Waals surface area contributed by atoms with Crippen molar-refractivity contribution in [1.82, 2.24) is 24.9 Å². The van der Waals surface area contributed by atoms with Gasteiger partial charge in [0.05, 0.1) is 20.5 Å². The standard InChI is InChI=1S/C8H8BrNO3.C7H6BrClN2O2.C7H8BrClN2.C7H8BrN3O2.C7H9BrN2.C7H10N2.C2H6O.Cl3OP.HNO2.Na/c1-2-5-6(9)3-4-7(11)8(5)10(12)13;1-2-4-5(8)3-10-7(9)6(4)11(12)13;1-2-4-5(8)3-11-7(9)6(4)10;1-2-4-5(8)3-10-7(9)6(4)11(12)13;1-2-5-3-7(9)10-4-6(5)8;1-2-6-3-4-9-7(8)5-6;1-2-3;1-5(2,3)4;2-1-3;/h3H,2,4H2,1H3;3H,2H2,1H3;3H,2,10H2,1H3;3H,2H2,1H3,(H2,9,10);3-4H,2H2,1H3,(H2,9,10);3-5H,2H2,1H3,(H2,8,9);3H,2H2,1H3;;(H,2,3);/q;;;;;;;;;+1/p-1. The summed E-state index contributed by atoms with van der Waals surface area (Å²) in [5.74, 6) is 0.740. The van der Waals surface area contributed by atoms with Gasteiger partial charge in [-0.15, -0.1) is 5.34 Å². The van der Waals surface area contributed by atoms with Gasteiger partial charge in [-0.3, -0.25) is 39.7 Å². The van der Waals surface area contributed by atoms with Crippen LogP contribution >= 0.6 is 142 Å². The third-order valence-corrected chi connectivity index (χ3v) is 13.3. The molecule has 9 N–H and O–H groups in total. The Kier molecular flexibility index (Phi) is 47.9. The third kappa shape index (κ3) is 34.3. The maximum Gasteiger partial charge on any atom is 1.00 e. The van der Waals surface area contributed by atoms with E-state index in [0.29, 0.717) is 71.9 Å². The number of nitro groups is 3. The number of rotatable bonds is 9. The van der Waals surface area contributed by atoms with Gasteiger partial charge in [0, 0.05) is 83.1 Å². The number of anilines is 4. The smallest absolute Gasteiger partial charge is 0.444 e. The molecule has 0 amide bonds. The first-order valence-electron chi connectivity index (χ1n) is 22.5. The molecule has 0 radical (unpaired) electrons. The fourth-order valence-electron chi connectivity index (χ4n) is 5.67. The zero-order chi connectivity index (χ0) is 62.6. The van der Waals surface area contributed by atoms with Crippen molar-refractivity contribution in [3.8, 4) is 0 Å². The number of ketones is 1. The number of aryl methyl sites for hydroxylation is 2. The van der Waals surface area contributed by atoms with E-state index < -0.39 is 25.8 Å². The number of Topliss-reactive ketones (excluding diaryl/α,β-unsaturated/α-hetero) is 1. The number of aromatic nitrogens is 5. The topological polar surface area (TPSA) is 405 Å². The van der Waals surface area contributed by atoms with Gasteiger partial charge in [0.25, 0.3) is 0 Å². The molecule has 0 unspecified atom stereocenters. The zero-order valence-corrected chi connectivity index (χ0v) is 59.0. The molecule has 6 rings (SSSR count). The summed E-state index contributed by atoms with van der Waals surface area (Å²) in [6.45, 7) is 13.6. The van der Waals surface area contributed by atoms with Crippen LogP contribution < -0.4 is 52.5 Å². The van der Waals surface area contributed by atoms with Crippen molar-refractivity contribution in [2.75, 3.05) is 29.5 Å². The van der Waals surface area contributed by atoms with E-state index in [0.717, 1.165) is 39.1 Å². The van der Waals surface area contributed by atoms with Crippen LogP contribution in [0.1, 0.15) is 89.1 Å². The van der Waals surface area contributed by atoms with E-state index >= 15 is 0 Å². The third-order valence-electron chi connectivity index (χ3n) is 9.18. The quantitative estimate of drug-likeness (QED) is 0.0228. The van der Waals surface area contributed by atoms with Crippen molar-refractivity contribution in [1.29, 1.82) is 0 Å². The monoisotopic (exact) mass is 1580 g/mol. The summed E-state index contributed by atoms with van der Waals surface area (Å²) in [5.41, 5.74) is 27.2. The molecule has 1 aliphatic carbocycles. The second-order valence-electron chi connectivity index (χ2n) is 14.3. The van der Waals surface area contributed by atoms with Crippen molar-refractivity contribution in [2.45, 2.75) is 93.4 Å². The van der Waals surface area contributed by atoms with Crippen molar-refractivity contribution in [3.63, 3.8) is 0 Å². The van der Waals surface area contributed by atoms with Crippen LogP contribution in [0.2, 0.25) is 10.3 Å². The van der Waals surface area contributed by atoms with E-state index in [1.165, 1.54) is 23.5 Å². The first kappa shape index (κ1) is 84.2. The molecule has 0 atom stereocenters. The number of allylic oxidation sites excluding steroid dienone is 4. The Morgan fingerprint density at radius 3 is 1.41 bits per heavy atom. The molecule has 0 aromatic carbocycles. The summed E-state index contributed by atoms with van der Waals surface area (Å²) < 4.78 is 13.4. The van der Waals surface area contributed by atoms with E-state index in [9.17, 15) is 39.7 Å². The van der Waals surface area contributed by atoms with Crippen LogP contribution in [-0.4, -0.2) is 57.2 Å². The summed E-state index contributed by atoms with van der Waals surface area (Å²) in [5, 5.41) is 45.5. The first-order chi connectivity index (χ1) is 37.3. The number of pyridine rings is 5. The van der Waals surface area contributed by atoms with E-state index in [1.54, 1.807) is 38.5 Å². The molecule has 1 aliphatic rings. The minimum atomic E-state index is -3.22. The van der Waals surface area contributed by atoms with Crippen molar-refractivity contribution >= 4 is 182 Å². The second kappa shape index (κ2) is 46.1. The maximum atomic E-state index is 11.2. The average molecular weight is 1580 g/mol. The predicted octanol–water partition coefficient (Wildman–Crippen LogP) is 13.0. The van der Waals surface area contributed by atoms with E-state index in [2.05, 4.69) is 152 Å². The van der Waals surface area contributed by atoms with Crippen LogP contribution in [0, 0.1) is 40.5 Å². The number of aliphatic hydroxyl groups is 1. The maximum absolute atomic E-state index is 11.2. The van der Waals surface area contributed by atoms with Gasteiger partial charge in [-0.1, -0.05) is 86.8 Å². The normalized spacial score (nSPS) is 10.7. The molecule has 0 saturated carbocycles. The Balaban J connectivity index is -0.000000424. The summed E-state index contributed by atoms with van der Waals surface area (Å²) in [4.78, 5) is 68.4. The van der Waals surface area contributed by atoms with E-state index in [-0.39, 0.29) is 70.6 Å². The number of nitrogens with zero attached hydrogens (tertiary/aromatic N) is 9. The molecule has 0 fully saturated rings. The summed E-state index contributed by atoms with van der Waals surface area (Å²) in [7, 11) is 0. The average Bonchev–Trinajstić information content (AvgIpc) is 3.38. The second-order valence-corrected chi connectivity index (χ2v) is 25.9. The molecule has 36 heteroatoms. The number of aliphatic hydroxyl groups excluding tert-OH is 1. The van der Waals surface area contributed by atoms with Gasteiger partial charge < -0.3 is 38.2 Å². The number of nitrogen functional groups attached to an aromatic ring is 4. The Morgan fingerprint density at radius 1 is 0.654 bits per heavy atom. The molecule has 0 aliphatic heterocycles. The number of halogens is 10. The van der Waals surface area contributed by atoms with Gasteiger partial charge >= 0.3 is 51.8 Å². The molecule has 0 bridgehead atoms. The summed E-state index contributed by atoms with van der Waals surface area (Å²) >= 11 is 41.4. The van der Waals surface area contributed by atoms with E-state index in [4.69, 9.17) is 61.4 Å². The molecule has 81 heavy (non-hydrogen) atoms. The first-order valence-corrected chi connectivity index (χ1v) is 31.7. The van der Waals surface area contributed by atoms with Gasteiger partial charge in [0.1, 0.15) is 11.6 Å². The predicted molar refractivity (Wildman–Crippen MR) is 338 cm³/mol. The SMILES string of the molecule is CCC1=C([N+](=O)[O-])C(=O)CC=C1Br.CCO.CCc1c(Br)cnc(Cl)c1N.CCc1c(Br)cnc(Cl)c1[N+](=O)[O-].CCc1c(Br)cnc(N)c1[N+](=O)[O-].CCc1cc(N)ncc1Br.CCc1ccnc(N)c1.O=N[O-].O=P(Cl)(Cl)Cl.[Na+]. The van der Waals surface area contributed by atoms with Crippen molar-refractivity contribution < 1.29 is 58.8 Å². The molecule has 0 saturated heterocycles. The molecule has 442 valence electrons. The van der Waals surface area contributed by atoms with E-state index in [1.807, 2.05) is 39.0 Å². The van der Waals surface area contributed by atoms with Crippen LogP contribution in [0.3, 0.4) is 0 Å². The fraction of sp³-hybridized carbons (Fsp3) is 0.333. The molecular weight excluding hydrogens is 1530 g/mol. The Labute approximate surface area is 555 Å². The Bertz CT molecular complexity index is 2890. The van der Waals surface area contributed by atoms with Gasteiger partial charge in [-0.05, 0) is 178 Å². The van der Waals surface area contributed by atoms with Crippen LogP contribution in [-0.2, 0) is 41.5 Å². The number of hydrogen-bond acceptors (Lipinski definition) is 21. The molecule has 5 aromatic heterocycles. The van der Waals surface area contributed by atoms with Gasteiger partial charge in [0.15, 0.2) is 5.15 Å². The largest absolute Gasteiger partial charge is 1.00 e. The summed E-state index contributed by atoms with van der Waals surface area (Å²) in [6, 6.07) is 5.74. The summed E-state index contributed by atoms with van der Waals surface area (Å²) in [6.07, 6.45) is 14.3. The van der Waals surface area contributed by atoms with Gasteiger partial charge in [0.2, 0.25) is 16.8 Å². The Hall–Kier alpha value is -3.26. The van der Waals surface area contributed by atoms with Crippen LogP contribution in [0.15, 0.2) is 94.2 Å². The number of carbonyl (C=O) groups excluding carboxylic acids is 1. The van der Waals surface area contributed by atoms with Crippen LogP contribution in [0.25, 0.3) is 0 Å². The van der Waals surface area contributed by atoms with Crippen molar-refractivity contribution in [3.05, 3.63) is 167 Å². The number of nitrogens with two attached hydrogens (primary N) is 4. The Morgan fingerprint density at radius 2 is 1.07 bits per heavy atom. The molecule has 5 heterocycles. The fourth-order valence-corrected chi connectivity index (χ4v) is 8.93.